The van der Waals surface area contributed by atoms with Crippen molar-refractivity contribution in [1.29, 1.82) is 0 Å². The summed E-state index contributed by atoms with van der Waals surface area (Å²) in [7, 11) is 0. The normalized spacial score (nSPS) is 17.9. The van der Waals surface area contributed by atoms with Crippen molar-refractivity contribution in [3.05, 3.63) is 41.0 Å². The number of hydrogen-bond acceptors (Lipinski definition) is 2. The van der Waals surface area contributed by atoms with Gasteiger partial charge in [0.05, 0.1) is 6.54 Å². The van der Waals surface area contributed by atoms with E-state index in [1.165, 1.54) is 11.1 Å². The SMILES string of the molecule is NCC#Cc1cccc2c1CCC(CO)C=C2. The Labute approximate surface area is 102 Å². The van der Waals surface area contributed by atoms with E-state index in [2.05, 4.69) is 30.1 Å². The zero-order chi connectivity index (χ0) is 12.1. The van der Waals surface area contributed by atoms with Crippen molar-refractivity contribution in [3.63, 3.8) is 0 Å². The summed E-state index contributed by atoms with van der Waals surface area (Å²) in [5.41, 5.74) is 8.96. The molecule has 0 fully saturated rings. The van der Waals surface area contributed by atoms with Gasteiger partial charge < -0.3 is 10.8 Å². The van der Waals surface area contributed by atoms with E-state index in [0.29, 0.717) is 6.54 Å². The summed E-state index contributed by atoms with van der Waals surface area (Å²) in [6.45, 7) is 0.604. The Hall–Kier alpha value is -1.56. The molecule has 0 spiro atoms. The van der Waals surface area contributed by atoms with Gasteiger partial charge in [0.25, 0.3) is 0 Å². The smallest absolute Gasteiger partial charge is 0.0555 e. The van der Waals surface area contributed by atoms with Crippen LogP contribution in [0.15, 0.2) is 24.3 Å². The molecule has 2 rings (SSSR count). The molecule has 1 atom stereocenters. The van der Waals surface area contributed by atoms with E-state index in [1.54, 1.807) is 0 Å². The average Bonchev–Trinajstić information content (AvgIpc) is 2.58. The monoisotopic (exact) mass is 227 g/mol. The average molecular weight is 227 g/mol. The van der Waals surface area contributed by atoms with Crippen molar-refractivity contribution >= 4 is 6.08 Å². The predicted molar refractivity (Wildman–Crippen MR) is 70.3 cm³/mol. The lowest BCUT2D eigenvalue weighted by atomic mass is 9.97. The maximum atomic E-state index is 9.21. The van der Waals surface area contributed by atoms with E-state index >= 15 is 0 Å². The molecule has 1 aromatic rings. The number of fused-ring (bicyclic) bond motifs is 1. The van der Waals surface area contributed by atoms with Crippen LogP contribution in [-0.4, -0.2) is 18.3 Å². The number of nitrogens with two attached hydrogens (primary N) is 1. The lowest BCUT2D eigenvalue weighted by Crippen LogP contribution is -2.03. The summed E-state index contributed by atoms with van der Waals surface area (Å²) in [5.74, 6) is 6.29. The highest BCUT2D eigenvalue weighted by atomic mass is 16.3. The van der Waals surface area contributed by atoms with E-state index in [4.69, 9.17) is 5.73 Å². The summed E-state index contributed by atoms with van der Waals surface area (Å²) in [5, 5.41) is 9.21. The van der Waals surface area contributed by atoms with Crippen molar-refractivity contribution < 1.29 is 5.11 Å². The number of hydrogen-bond donors (Lipinski definition) is 2. The first-order valence-electron chi connectivity index (χ1n) is 5.95. The summed E-state index contributed by atoms with van der Waals surface area (Å²) in [6.07, 6.45) is 6.12. The van der Waals surface area contributed by atoms with Crippen LogP contribution >= 0.6 is 0 Å². The van der Waals surface area contributed by atoms with E-state index in [1.807, 2.05) is 12.1 Å². The fourth-order valence-electron chi connectivity index (χ4n) is 2.12. The summed E-state index contributed by atoms with van der Waals surface area (Å²) >= 11 is 0. The van der Waals surface area contributed by atoms with Crippen LogP contribution in [0.3, 0.4) is 0 Å². The molecule has 1 aliphatic carbocycles. The van der Waals surface area contributed by atoms with Gasteiger partial charge in [-0.1, -0.05) is 36.1 Å². The Bertz CT molecular complexity index is 479. The first-order valence-corrected chi connectivity index (χ1v) is 5.95. The highest BCUT2D eigenvalue weighted by Crippen LogP contribution is 2.24. The zero-order valence-corrected chi connectivity index (χ0v) is 9.82. The minimum Gasteiger partial charge on any atom is -0.396 e. The van der Waals surface area contributed by atoms with Crippen LogP contribution in [0.25, 0.3) is 6.08 Å². The van der Waals surface area contributed by atoms with Crippen LogP contribution in [0, 0.1) is 17.8 Å². The van der Waals surface area contributed by atoms with E-state index in [-0.39, 0.29) is 12.5 Å². The van der Waals surface area contributed by atoms with Crippen LogP contribution in [0.1, 0.15) is 23.1 Å². The summed E-state index contributed by atoms with van der Waals surface area (Å²) in [6, 6.07) is 6.15. The second-order valence-electron chi connectivity index (χ2n) is 4.22. The predicted octanol–water partition coefficient (Wildman–Crippen LogP) is 1.56. The Kier molecular flexibility index (Phi) is 3.98. The van der Waals surface area contributed by atoms with Crippen molar-refractivity contribution in [2.75, 3.05) is 13.2 Å². The molecule has 0 aromatic heterocycles. The number of benzene rings is 1. The lowest BCUT2D eigenvalue weighted by Gasteiger charge is -2.08. The van der Waals surface area contributed by atoms with Gasteiger partial charge >= 0.3 is 0 Å². The second-order valence-corrected chi connectivity index (χ2v) is 4.22. The molecule has 88 valence electrons. The van der Waals surface area contributed by atoms with Crippen LogP contribution in [-0.2, 0) is 6.42 Å². The van der Waals surface area contributed by atoms with Gasteiger partial charge in [-0.25, -0.2) is 0 Å². The molecule has 0 aliphatic heterocycles. The highest BCUT2D eigenvalue weighted by Gasteiger charge is 2.12. The van der Waals surface area contributed by atoms with Gasteiger partial charge in [0.1, 0.15) is 0 Å². The largest absolute Gasteiger partial charge is 0.396 e. The first-order chi connectivity index (χ1) is 8.35. The van der Waals surface area contributed by atoms with E-state index in [0.717, 1.165) is 18.4 Å². The quantitative estimate of drug-likeness (QED) is 0.715. The fourth-order valence-corrected chi connectivity index (χ4v) is 2.12. The molecule has 2 nitrogen and oxygen atoms in total. The van der Waals surface area contributed by atoms with Crippen LogP contribution < -0.4 is 5.73 Å². The Balaban J connectivity index is 2.36. The molecule has 0 amide bonds. The van der Waals surface area contributed by atoms with Crippen molar-refractivity contribution in [1.82, 2.24) is 0 Å². The third-order valence-corrected chi connectivity index (χ3v) is 3.08. The van der Waals surface area contributed by atoms with Gasteiger partial charge in [-0.3, -0.25) is 0 Å². The maximum Gasteiger partial charge on any atom is 0.0555 e. The van der Waals surface area contributed by atoms with E-state index < -0.39 is 0 Å². The molecular formula is C15H17NO. The van der Waals surface area contributed by atoms with Crippen LogP contribution in [0.4, 0.5) is 0 Å². The Morgan fingerprint density at radius 2 is 2.29 bits per heavy atom. The van der Waals surface area contributed by atoms with Gasteiger partial charge in [-0.05, 0) is 30.0 Å². The molecule has 1 aromatic carbocycles. The molecular weight excluding hydrogens is 210 g/mol. The van der Waals surface area contributed by atoms with Crippen molar-refractivity contribution in [2.45, 2.75) is 12.8 Å². The molecule has 0 saturated heterocycles. The van der Waals surface area contributed by atoms with Crippen molar-refractivity contribution in [3.8, 4) is 11.8 Å². The number of aliphatic hydroxyl groups is 1. The minimum absolute atomic E-state index is 0.217. The zero-order valence-electron chi connectivity index (χ0n) is 9.82. The van der Waals surface area contributed by atoms with Gasteiger partial charge in [-0.15, -0.1) is 0 Å². The third-order valence-electron chi connectivity index (χ3n) is 3.08. The second kappa shape index (κ2) is 5.67. The topological polar surface area (TPSA) is 46.2 Å². The highest BCUT2D eigenvalue weighted by molar-refractivity contribution is 5.60. The first kappa shape index (κ1) is 11.9. The molecule has 1 unspecified atom stereocenters. The van der Waals surface area contributed by atoms with Gasteiger partial charge in [0, 0.05) is 18.1 Å². The van der Waals surface area contributed by atoms with Gasteiger partial charge in [-0.2, -0.15) is 0 Å². The summed E-state index contributed by atoms with van der Waals surface area (Å²) in [4.78, 5) is 0. The van der Waals surface area contributed by atoms with E-state index in [9.17, 15) is 5.11 Å². The minimum atomic E-state index is 0.217. The maximum absolute atomic E-state index is 9.21. The molecule has 3 N–H and O–H groups in total. The standard InChI is InChI=1S/C15H17NO/c16-10-2-5-13-3-1-4-14-8-6-12(11-17)7-9-15(13)14/h1,3-4,6,8,12,17H,7,9-11,16H2. The Morgan fingerprint density at radius 3 is 3.06 bits per heavy atom. The summed E-state index contributed by atoms with van der Waals surface area (Å²) < 4.78 is 0. The molecule has 0 heterocycles. The molecule has 17 heavy (non-hydrogen) atoms. The Morgan fingerprint density at radius 1 is 1.41 bits per heavy atom. The molecule has 0 bridgehead atoms. The van der Waals surface area contributed by atoms with Gasteiger partial charge in [0.2, 0.25) is 0 Å². The lowest BCUT2D eigenvalue weighted by molar-refractivity contribution is 0.247. The van der Waals surface area contributed by atoms with Crippen molar-refractivity contribution in [2.24, 2.45) is 11.7 Å². The molecule has 1 aliphatic rings. The number of aliphatic hydroxyl groups excluding tert-OH is 1. The third kappa shape index (κ3) is 2.76. The molecule has 0 radical (unpaired) electrons. The molecule has 0 saturated carbocycles. The molecule has 2 heteroatoms. The van der Waals surface area contributed by atoms with Crippen LogP contribution in [0.2, 0.25) is 0 Å². The van der Waals surface area contributed by atoms with Crippen LogP contribution in [0.5, 0.6) is 0 Å². The van der Waals surface area contributed by atoms with Gasteiger partial charge in [0.15, 0.2) is 0 Å². The fraction of sp³-hybridized carbons (Fsp3) is 0.333. The number of rotatable bonds is 1.